The highest BCUT2D eigenvalue weighted by molar-refractivity contribution is 5.90. The van der Waals surface area contributed by atoms with Crippen molar-refractivity contribution in [3.05, 3.63) is 0 Å². The summed E-state index contributed by atoms with van der Waals surface area (Å²) in [6.07, 6.45) is -4.56. The van der Waals surface area contributed by atoms with Crippen LogP contribution in [0, 0.1) is 0 Å². The zero-order chi connectivity index (χ0) is 10.6. The third-order valence-electron chi connectivity index (χ3n) is 1.04. The number of rotatable bonds is 3. The van der Waals surface area contributed by atoms with E-state index in [4.69, 9.17) is 15.3 Å². The van der Waals surface area contributed by atoms with Crippen LogP contribution in [0.25, 0.3) is 0 Å². The molecule has 0 fully saturated rings. The van der Waals surface area contributed by atoms with Gasteiger partial charge in [0, 0.05) is 6.92 Å². The fraction of sp³-hybridized carbons (Fsp3) is 0.500. The van der Waals surface area contributed by atoms with Crippen molar-refractivity contribution < 1.29 is 34.4 Å². The van der Waals surface area contributed by atoms with Crippen LogP contribution in [0.1, 0.15) is 6.92 Å². The normalized spacial score (nSPS) is 14.4. The molecule has 0 aliphatic carbocycles. The van der Waals surface area contributed by atoms with Crippen LogP contribution in [0.5, 0.6) is 0 Å². The van der Waals surface area contributed by atoms with Gasteiger partial charge in [0.1, 0.15) is 0 Å². The van der Waals surface area contributed by atoms with Gasteiger partial charge < -0.3 is 20.1 Å². The Hall–Kier alpha value is -1.47. The Morgan fingerprint density at radius 3 is 1.92 bits per heavy atom. The molecule has 13 heavy (non-hydrogen) atoms. The molecule has 0 saturated carbocycles. The zero-order valence-corrected chi connectivity index (χ0v) is 6.63. The van der Waals surface area contributed by atoms with Crippen LogP contribution in [-0.4, -0.2) is 45.4 Å². The first-order valence-electron chi connectivity index (χ1n) is 3.17. The molecule has 0 rings (SSSR count). The van der Waals surface area contributed by atoms with Gasteiger partial charge in [-0.2, -0.15) is 0 Å². The van der Waals surface area contributed by atoms with Crippen molar-refractivity contribution in [1.82, 2.24) is 0 Å². The van der Waals surface area contributed by atoms with E-state index in [0.29, 0.717) is 0 Å². The van der Waals surface area contributed by atoms with Gasteiger partial charge in [-0.05, 0) is 0 Å². The summed E-state index contributed by atoms with van der Waals surface area (Å²) in [5, 5.41) is 25.5. The van der Waals surface area contributed by atoms with E-state index in [1.165, 1.54) is 0 Å². The maximum Gasteiger partial charge on any atom is 0.345 e. The van der Waals surface area contributed by atoms with Crippen LogP contribution in [0.2, 0.25) is 0 Å². The first-order valence-corrected chi connectivity index (χ1v) is 3.17. The highest BCUT2D eigenvalue weighted by Gasteiger charge is 2.32. The average Bonchev–Trinajstić information content (AvgIpc) is 2.00. The Kier molecular flexibility index (Phi) is 4.02. The Labute approximate surface area is 72.5 Å². The molecule has 7 heteroatoms. The van der Waals surface area contributed by atoms with Crippen molar-refractivity contribution in [3.8, 4) is 0 Å². The number of carbonyl (C=O) groups is 3. The molecule has 2 atom stereocenters. The molecule has 0 aromatic rings. The third-order valence-corrected chi connectivity index (χ3v) is 1.04. The highest BCUT2D eigenvalue weighted by Crippen LogP contribution is 1.97. The number of carboxylic acids is 1. The van der Waals surface area contributed by atoms with E-state index in [-0.39, 0.29) is 0 Å². The molecule has 0 heterocycles. The van der Waals surface area contributed by atoms with Crippen molar-refractivity contribution >= 4 is 17.9 Å². The Bertz CT molecular complexity index is 233. The molecule has 0 bridgehead atoms. The topological polar surface area (TPSA) is 121 Å². The Morgan fingerprint density at radius 2 is 1.62 bits per heavy atom. The van der Waals surface area contributed by atoms with Crippen LogP contribution in [0.3, 0.4) is 0 Å². The molecule has 0 aromatic heterocycles. The smallest absolute Gasteiger partial charge is 0.345 e. The van der Waals surface area contributed by atoms with Gasteiger partial charge in [-0.15, -0.1) is 0 Å². The number of aliphatic carboxylic acids is 1. The lowest BCUT2D eigenvalue weighted by molar-refractivity contribution is -0.174. The molecule has 0 aliphatic heterocycles. The molecule has 0 unspecified atom stereocenters. The zero-order valence-electron chi connectivity index (χ0n) is 6.63. The summed E-state index contributed by atoms with van der Waals surface area (Å²) in [4.78, 5) is 30.8. The fourth-order valence-corrected chi connectivity index (χ4v) is 0.466. The Balaban J connectivity index is 4.25. The summed E-state index contributed by atoms with van der Waals surface area (Å²) in [5.74, 6) is -4.28. The van der Waals surface area contributed by atoms with E-state index in [2.05, 4.69) is 4.74 Å². The summed E-state index contributed by atoms with van der Waals surface area (Å²) >= 11 is 0. The standard InChI is InChI=1S/C6H8O7/c1-2(7)13-6(12)4(9)3(8)5(10)11/h3-4,8-9H,1H3,(H,10,11)/t3-,4-/m1/s1. The highest BCUT2D eigenvalue weighted by atomic mass is 16.6. The minimum atomic E-state index is -2.30. The van der Waals surface area contributed by atoms with Gasteiger partial charge in [-0.25, -0.2) is 9.59 Å². The number of hydrogen-bond acceptors (Lipinski definition) is 6. The quantitative estimate of drug-likeness (QED) is 0.345. The van der Waals surface area contributed by atoms with Gasteiger partial charge in [0.25, 0.3) is 0 Å². The summed E-state index contributed by atoms with van der Waals surface area (Å²) in [6.45, 7) is 0.901. The van der Waals surface area contributed by atoms with Gasteiger partial charge in [0.2, 0.25) is 0 Å². The second kappa shape index (κ2) is 4.53. The maximum absolute atomic E-state index is 10.6. The minimum absolute atomic E-state index is 0.901. The van der Waals surface area contributed by atoms with Gasteiger partial charge >= 0.3 is 17.9 Å². The summed E-state index contributed by atoms with van der Waals surface area (Å²) in [5.41, 5.74) is 0. The molecule has 3 N–H and O–H groups in total. The van der Waals surface area contributed by atoms with Crippen molar-refractivity contribution in [1.29, 1.82) is 0 Å². The molecule has 0 amide bonds. The number of aliphatic hydroxyl groups is 2. The molecule has 0 spiro atoms. The molecule has 0 aliphatic rings. The van der Waals surface area contributed by atoms with Crippen molar-refractivity contribution in [2.24, 2.45) is 0 Å². The van der Waals surface area contributed by atoms with E-state index in [0.717, 1.165) is 6.92 Å². The lowest BCUT2D eigenvalue weighted by atomic mass is 10.2. The van der Waals surface area contributed by atoms with Gasteiger partial charge in [-0.3, -0.25) is 4.79 Å². The van der Waals surface area contributed by atoms with E-state index >= 15 is 0 Å². The number of hydrogen-bond donors (Lipinski definition) is 3. The van der Waals surface area contributed by atoms with Gasteiger partial charge in [-0.1, -0.05) is 0 Å². The summed E-state index contributed by atoms with van der Waals surface area (Å²) in [7, 11) is 0. The number of carbonyl (C=O) groups excluding carboxylic acids is 2. The molecule has 7 nitrogen and oxygen atoms in total. The third kappa shape index (κ3) is 3.63. The number of aliphatic hydroxyl groups excluding tert-OH is 2. The van der Waals surface area contributed by atoms with E-state index < -0.39 is 30.1 Å². The van der Waals surface area contributed by atoms with Crippen LogP contribution >= 0.6 is 0 Å². The van der Waals surface area contributed by atoms with E-state index in [9.17, 15) is 14.4 Å². The SMILES string of the molecule is CC(=O)OC(=O)[C@H](O)[C@@H](O)C(=O)O. The molecule has 0 aromatic carbocycles. The first kappa shape index (κ1) is 11.5. The fourth-order valence-electron chi connectivity index (χ4n) is 0.466. The molecular weight excluding hydrogens is 184 g/mol. The van der Waals surface area contributed by atoms with Crippen LogP contribution in [-0.2, 0) is 19.1 Å². The minimum Gasteiger partial charge on any atom is -0.479 e. The van der Waals surface area contributed by atoms with E-state index in [1.54, 1.807) is 0 Å². The lowest BCUT2D eigenvalue weighted by Gasteiger charge is -2.10. The second-order valence-electron chi connectivity index (χ2n) is 2.14. The molecule has 74 valence electrons. The first-order chi connectivity index (χ1) is 5.86. The lowest BCUT2D eigenvalue weighted by Crippen LogP contribution is -2.41. The van der Waals surface area contributed by atoms with Crippen molar-refractivity contribution in [2.45, 2.75) is 19.1 Å². The predicted molar refractivity (Wildman–Crippen MR) is 36.4 cm³/mol. The number of carboxylic acid groups (broad SMARTS) is 1. The number of esters is 2. The van der Waals surface area contributed by atoms with E-state index in [1.807, 2.05) is 0 Å². The van der Waals surface area contributed by atoms with Crippen molar-refractivity contribution in [2.75, 3.05) is 0 Å². The van der Waals surface area contributed by atoms with Crippen LogP contribution < -0.4 is 0 Å². The largest absolute Gasteiger partial charge is 0.479 e. The monoisotopic (exact) mass is 192 g/mol. The molecule has 0 radical (unpaired) electrons. The summed E-state index contributed by atoms with van der Waals surface area (Å²) in [6, 6.07) is 0. The van der Waals surface area contributed by atoms with Crippen LogP contribution in [0.4, 0.5) is 0 Å². The average molecular weight is 192 g/mol. The Morgan fingerprint density at radius 1 is 1.15 bits per heavy atom. The maximum atomic E-state index is 10.6. The molecular formula is C6H8O7. The summed E-state index contributed by atoms with van der Waals surface area (Å²) < 4.78 is 3.83. The van der Waals surface area contributed by atoms with Crippen LogP contribution in [0.15, 0.2) is 0 Å². The number of ether oxygens (including phenoxy) is 1. The van der Waals surface area contributed by atoms with Gasteiger partial charge in [0.05, 0.1) is 0 Å². The molecule has 0 saturated heterocycles. The second-order valence-corrected chi connectivity index (χ2v) is 2.14. The predicted octanol–water partition coefficient (Wildman–Crippen LogP) is -2.12. The van der Waals surface area contributed by atoms with Crippen molar-refractivity contribution in [3.63, 3.8) is 0 Å². The van der Waals surface area contributed by atoms with Gasteiger partial charge in [0.15, 0.2) is 12.2 Å².